The molecule has 0 saturated carbocycles. The van der Waals surface area contributed by atoms with Crippen LogP contribution >= 0.6 is 0 Å². The van der Waals surface area contributed by atoms with Crippen molar-refractivity contribution in [2.75, 3.05) is 7.11 Å². The van der Waals surface area contributed by atoms with Crippen LogP contribution in [0.5, 0.6) is 11.5 Å². The number of hydrogen-bond acceptors (Lipinski definition) is 3. The van der Waals surface area contributed by atoms with Crippen LogP contribution in [0.1, 0.15) is 15.9 Å². The van der Waals surface area contributed by atoms with E-state index in [9.17, 15) is 4.79 Å². The predicted molar refractivity (Wildman–Crippen MR) is 94.6 cm³/mol. The number of hydrogen-bond donors (Lipinski definition) is 0. The van der Waals surface area contributed by atoms with Gasteiger partial charge in [-0.2, -0.15) is 0 Å². The smallest absolute Gasteiger partial charge is 0.154 e. The average Bonchev–Trinajstić information content (AvgIpc) is 2.66. The van der Waals surface area contributed by atoms with Gasteiger partial charge < -0.3 is 9.47 Å². The lowest BCUT2D eigenvalue weighted by atomic mass is 9.98. The van der Waals surface area contributed by atoms with Crippen molar-refractivity contribution >= 4 is 6.29 Å². The highest BCUT2D eigenvalue weighted by molar-refractivity contribution is 5.92. The third-order valence-electron chi connectivity index (χ3n) is 3.82. The van der Waals surface area contributed by atoms with Gasteiger partial charge in [0.1, 0.15) is 18.1 Å². The molecule has 3 nitrogen and oxygen atoms in total. The van der Waals surface area contributed by atoms with Gasteiger partial charge in [0.05, 0.1) is 12.7 Å². The van der Waals surface area contributed by atoms with E-state index in [1.54, 1.807) is 13.2 Å². The van der Waals surface area contributed by atoms with E-state index in [0.29, 0.717) is 17.9 Å². The molecule has 0 fully saturated rings. The van der Waals surface area contributed by atoms with Crippen molar-refractivity contribution in [2.45, 2.75) is 6.61 Å². The summed E-state index contributed by atoms with van der Waals surface area (Å²) in [4.78, 5) is 11.6. The molecule has 0 spiro atoms. The molecule has 3 aromatic carbocycles. The molecule has 0 bridgehead atoms. The Morgan fingerprint density at radius 2 is 1.46 bits per heavy atom. The zero-order chi connectivity index (χ0) is 16.8. The van der Waals surface area contributed by atoms with Gasteiger partial charge in [-0.3, -0.25) is 4.79 Å². The van der Waals surface area contributed by atoms with E-state index < -0.39 is 0 Å². The number of carbonyl (C=O) groups is 1. The van der Waals surface area contributed by atoms with E-state index in [-0.39, 0.29) is 0 Å². The summed E-state index contributed by atoms with van der Waals surface area (Å²) in [6.07, 6.45) is 0.822. The zero-order valence-electron chi connectivity index (χ0n) is 13.4. The molecule has 0 heterocycles. The lowest BCUT2D eigenvalue weighted by Gasteiger charge is -2.14. The van der Waals surface area contributed by atoms with Crippen LogP contribution < -0.4 is 9.47 Å². The molecular weight excluding hydrogens is 300 g/mol. The van der Waals surface area contributed by atoms with Crippen molar-refractivity contribution in [3.63, 3.8) is 0 Å². The summed E-state index contributed by atoms with van der Waals surface area (Å²) in [6, 6.07) is 23.2. The lowest BCUT2D eigenvalue weighted by Crippen LogP contribution is -1.99. The fraction of sp³-hybridized carbons (Fsp3) is 0.0952. The van der Waals surface area contributed by atoms with Gasteiger partial charge in [0.25, 0.3) is 0 Å². The predicted octanol–water partition coefficient (Wildman–Crippen LogP) is 4.75. The number of methoxy groups -OCH3 is 1. The van der Waals surface area contributed by atoms with Crippen molar-refractivity contribution in [1.29, 1.82) is 0 Å². The first-order valence-electron chi connectivity index (χ1n) is 7.72. The number of carbonyl (C=O) groups excluding carboxylic acids is 1. The Hall–Kier alpha value is -3.07. The van der Waals surface area contributed by atoms with Crippen LogP contribution in [-0.2, 0) is 6.61 Å². The van der Waals surface area contributed by atoms with Gasteiger partial charge in [-0.1, -0.05) is 60.7 Å². The van der Waals surface area contributed by atoms with E-state index in [2.05, 4.69) is 0 Å². The first-order chi connectivity index (χ1) is 11.8. The highest BCUT2D eigenvalue weighted by Crippen LogP contribution is 2.35. The Labute approximate surface area is 141 Å². The SMILES string of the molecule is COc1cccc(-c2ccccc2OCc2ccccc2)c1C=O. The maximum atomic E-state index is 11.6. The van der Waals surface area contributed by atoms with Crippen molar-refractivity contribution in [3.05, 3.63) is 83.9 Å². The monoisotopic (exact) mass is 318 g/mol. The molecule has 24 heavy (non-hydrogen) atoms. The minimum absolute atomic E-state index is 0.470. The van der Waals surface area contributed by atoms with Crippen LogP contribution in [0, 0.1) is 0 Å². The van der Waals surface area contributed by atoms with Crippen LogP contribution in [0.3, 0.4) is 0 Å². The third-order valence-corrected chi connectivity index (χ3v) is 3.82. The quantitative estimate of drug-likeness (QED) is 0.615. The fourth-order valence-corrected chi connectivity index (χ4v) is 2.63. The standard InChI is InChI=1S/C21H18O3/c1-23-20-13-7-11-17(19(20)14-22)18-10-5-6-12-21(18)24-15-16-8-3-2-4-9-16/h2-14H,15H2,1H3. The largest absolute Gasteiger partial charge is 0.496 e. The van der Waals surface area contributed by atoms with Crippen LogP contribution in [0.4, 0.5) is 0 Å². The van der Waals surface area contributed by atoms with Gasteiger partial charge in [-0.05, 0) is 23.3 Å². The molecule has 120 valence electrons. The van der Waals surface area contributed by atoms with Gasteiger partial charge in [-0.15, -0.1) is 0 Å². The van der Waals surface area contributed by atoms with Gasteiger partial charge in [0.15, 0.2) is 6.29 Å². The molecule has 0 aliphatic carbocycles. The normalized spacial score (nSPS) is 10.2. The molecule has 0 saturated heterocycles. The van der Waals surface area contributed by atoms with E-state index in [1.807, 2.05) is 66.7 Å². The lowest BCUT2D eigenvalue weighted by molar-refractivity contribution is 0.112. The Morgan fingerprint density at radius 1 is 0.792 bits per heavy atom. The van der Waals surface area contributed by atoms with E-state index >= 15 is 0 Å². The van der Waals surface area contributed by atoms with Gasteiger partial charge >= 0.3 is 0 Å². The Kier molecular flexibility index (Phi) is 4.92. The molecular formula is C21H18O3. The van der Waals surface area contributed by atoms with E-state index in [4.69, 9.17) is 9.47 Å². The molecule has 0 N–H and O–H groups in total. The molecule has 0 amide bonds. The van der Waals surface area contributed by atoms with Gasteiger partial charge in [0.2, 0.25) is 0 Å². The molecule has 0 atom stereocenters. The summed E-state index contributed by atoms with van der Waals surface area (Å²) < 4.78 is 11.3. The minimum Gasteiger partial charge on any atom is -0.496 e. The van der Waals surface area contributed by atoms with Crippen molar-refractivity contribution in [3.8, 4) is 22.6 Å². The highest BCUT2D eigenvalue weighted by atomic mass is 16.5. The molecule has 0 aromatic heterocycles. The third kappa shape index (κ3) is 3.30. The summed E-state index contributed by atoms with van der Waals surface area (Å²) in [7, 11) is 1.56. The van der Waals surface area contributed by atoms with Crippen LogP contribution in [0.15, 0.2) is 72.8 Å². The molecule has 0 aliphatic heterocycles. The number of aldehydes is 1. The summed E-state index contributed by atoms with van der Waals surface area (Å²) >= 11 is 0. The first-order valence-corrected chi connectivity index (χ1v) is 7.72. The van der Waals surface area contributed by atoms with Crippen LogP contribution in [0.25, 0.3) is 11.1 Å². The van der Waals surface area contributed by atoms with Gasteiger partial charge in [0, 0.05) is 5.56 Å². The van der Waals surface area contributed by atoms with Crippen LogP contribution in [-0.4, -0.2) is 13.4 Å². The topological polar surface area (TPSA) is 35.5 Å². The molecule has 0 radical (unpaired) electrons. The van der Waals surface area contributed by atoms with Crippen molar-refractivity contribution in [2.24, 2.45) is 0 Å². The molecule has 3 heteroatoms. The molecule has 0 unspecified atom stereocenters. The maximum absolute atomic E-state index is 11.6. The van der Waals surface area contributed by atoms with Crippen molar-refractivity contribution < 1.29 is 14.3 Å². The summed E-state index contributed by atoms with van der Waals surface area (Å²) in [6.45, 7) is 0.470. The Bertz CT molecular complexity index is 825. The molecule has 3 aromatic rings. The number of para-hydroxylation sites is 1. The fourth-order valence-electron chi connectivity index (χ4n) is 2.63. The van der Waals surface area contributed by atoms with E-state index in [1.165, 1.54) is 0 Å². The Morgan fingerprint density at radius 3 is 2.21 bits per heavy atom. The molecule has 0 aliphatic rings. The summed E-state index contributed by atoms with van der Waals surface area (Å²) in [5.74, 6) is 1.29. The highest BCUT2D eigenvalue weighted by Gasteiger charge is 2.13. The van der Waals surface area contributed by atoms with Crippen molar-refractivity contribution in [1.82, 2.24) is 0 Å². The number of rotatable bonds is 6. The first kappa shape index (κ1) is 15.8. The second-order valence-electron chi connectivity index (χ2n) is 5.31. The van der Waals surface area contributed by atoms with Crippen LogP contribution in [0.2, 0.25) is 0 Å². The second kappa shape index (κ2) is 7.47. The summed E-state index contributed by atoms with van der Waals surface area (Å²) in [5, 5.41) is 0. The maximum Gasteiger partial charge on any atom is 0.154 e. The van der Waals surface area contributed by atoms with E-state index in [0.717, 1.165) is 28.7 Å². The van der Waals surface area contributed by atoms with Gasteiger partial charge in [-0.25, -0.2) is 0 Å². The number of ether oxygens (including phenoxy) is 2. The summed E-state index contributed by atoms with van der Waals surface area (Å²) in [5.41, 5.74) is 3.28. The average molecular weight is 318 g/mol. The second-order valence-corrected chi connectivity index (χ2v) is 5.31. The zero-order valence-corrected chi connectivity index (χ0v) is 13.4. The minimum atomic E-state index is 0.470. The Balaban J connectivity index is 1.97. The molecule has 3 rings (SSSR count). The number of benzene rings is 3.